The molecule has 1 aliphatic rings. The Bertz CT molecular complexity index is 963. The molecule has 0 saturated heterocycles. The fraction of sp³-hybridized carbons (Fsp3) is 0.417. The lowest BCUT2D eigenvalue weighted by atomic mass is 9.91. The molecule has 0 radical (unpaired) electrons. The summed E-state index contributed by atoms with van der Waals surface area (Å²) in [5.74, 6) is 0.724. The van der Waals surface area contributed by atoms with Crippen LogP contribution < -0.4 is 5.32 Å². The second-order valence-corrected chi connectivity index (χ2v) is 8.12. The number of aryl methyl sites for hydroxylation is 2. The highest BCUT2D eigenvalue weighted by Crippen LogP contribution is 2.25. The van der Waals surface area contributed by atoms with Gasteiger partial charge >= 0.3 is 0 Å². The van der Waals surface area contributed by atoms with E-state index in [2.05, 4.69) is 40.7 Å². The Balaban J connectivity index is 1.36. The first-order chi connectivity index (χ1) is 14.6. The average molecular weight is 407 g/mol. The Kier molecular flexibility index (Phi) is 6.33. The highest BCUT2D eigenvalue weighted by atomic mass is 16.3. The number of carbonyl (C=O) groups excluding carboxylic acids is 1. The van der Waals surface area contributed by atoms with Gasteiger partial charge in [-0.1, -0.05) is 30.3 Å². The fourth-order valence-electron chi connectivity index (χ4n) is 4.27. The van der Waals surface area contributed by atoms with E-state index in [9.17, 15) is 4.79 Å². The van der Waals surface area contributed by atoms with Gasteiger partial charge in [0.25, 0.3) is 5.91 Å². The summed E-state index contributed by atoms with van der Waals surface area (Å²) in [5.41, 5.74) is 4.25. The van der Waals surface area contributed by atoms with Crippen LogP contribution in [-0.2, 0) is 32.9 Å². The number of furan rings is 1. The van der Waals surface area contributed by atoms with Gasteiger partial charge in [-0.3, -0.25) is 9.48 Å². The molecular weight excluding hydrogens is 376 g/mol. The molecule has 0 aliphatic heterocycles. The number of hydrogen-bond acceptors (Lipinski definition) is 4. The van der Waals surface area contributed by atoms with Crippen molar-refractivity contribution in [2.75, 3.05) is 13.6 Å². The summed E-state index contributed by atoms with van der Waals surface area (Å²) in [6, 6.07) is 14.7. The first-order valence-corrected chi connectivity index (χ1v) is 10.7. The van der Waals surface area contributed by atoms with Gasteiger partial charge in [0.05, 0.1) is 12.8 Å². The van der Waals surface area contributed by atoms with Gasteiger partial charge in [0, 0.05) is 31.4 Å². The Labute approximate surface area is 177 Å². The molecule has 4 rings (SSSR count). The molecule has 1 aliphatic carbocycles. The lowest BCUT2D eigenvalue weighted by Gasteiger charge is -2.25. The topological polar surface area (TPSA) is 63.3 Å². The van der Waals surface area contributed by atoms with Crippen LogP contribution in [0.15, 0.2) is 53.1 Å². The van der Waals surface area contributed by atoms with E-state index < -0.39 is 0 Å². The Morgan fingerprint density at radius 1 is 1.27 bits per heavy atom. The summed E-state index contributed by atoms with van der Waals surface area (Å²) in [5, 5.41) is 8.28. The lowest BCUT2D eigenvalue weighted by Crippen LogP contribution is -2.36. The first kappa shape index (κ1) is 20.4. The lowest BCUT2D eigenvalue weighted by molar-refractivity contribution is 0.0767. The molecule has 1 amide bonds. The van der Waals surface area contributed by atoms with E-state index in [-0.39, 0.29) is 5.91 Å². The highest BCUT2D eigenvalue weighted by Gasteiger charge is 2.29. The van der Waals surface area contributed by atoms with Crippen LogP contribution in [0.5, 0.6) is 0 Å². The standard InChI is InChI=1S/C24H30N4O2/c1-27(17-20-11-7-15-30-20)24(29)23-21-16-19(12-13-22(21)28(2)26-23)25-14-6-10-18-8-4-3-5-9-18/h3-5,7-9,11,15,19,25H,6,10,12-14,16-17H2,1-2H3/t19-/m1/s1. The van der Waals surface area contributed by atoms with Gasteiger partial charge in [-0.2, -0.15) is 5.10 Å². The van der Waals surface area contributed by atoms with Crippen molar-refractivity contribution in [3.63, 3.8) is 0 Å². The van der Waals surface area contributed by atoms with Crippen LogP contribution >= 0.6 is 0 Å². The van der Waals surface area contributed by atoms with Crippen molar-refractivity contribution in [3.8, 4) is 0 Å². The van der Waals surface area contributed by atoms with Crippen molar-refractivity contribution in [1.29, 1.82) is 0 Å². The molecule has 30 heavy (non-hydrogen) atoms. The van der Waals surface area contributed by atoms with Crippen LogP contribution in [0.25, 0.3) is 0 Å². The van der Waals surface area contributed by atoms with Gasteiger partial charge in [0.2, 0.25) is 0 Å². The number of nitrogens with one attached hydrogen (secondary N) is 1. The Morgan fingerprint density at radius 2 is 2.10 bits per heavy atom. The van der Waals surface area contributed by atoms with E-state index in [4.69, 9.17) is 4.42 Å². The van der Waals surface area contributed by atoms with Crippen LogP contribution in [0.2, 0.25) is 0 Å². The van der Waals surface area contributed by atoms with Crippen LogP contribution in [0.1, 0.15) is 45.9 Å². The maximum Gasteiger partial charge on any atom is 0.274 e. The fourth-order valence-corrected chi connectivity index (χ4v) is 4.27. The zero-order valence-electron chi connectivity index (χ0n) is 17.8. The van der Waals surface area contributed by atoms with E-state index in [1.165, 1.54) is 11.3 Å². The first-order valence-electron chi connectivity index (χ1n) is 10.7. The van der Waals surface area contributed by atoms with Crippen molar-refractivity contribution in [1.82, 2.24) is 20.0 Å². The van der Waals surface area contributed by atoms with Crippen molar-refractivity contribution < 1.29 is 9.21 Å². The van der Waals surface area contributed by atoms with Crippen molar-refractivity contribution in [2.24, 2.45) is 7.05 Å². The number of hydrogen-bond donors (Lipinski definition) is 1. The van der Waals surface area contributed by atoms with Gasteiger partial charge in [0.15, 0.2) is 5.69 Å². The van der Waals surface area contributed by atoms with Gasteiger partial charge in [0.1, 0.15) is 5.76 Å². The van der Waals surface area contributed by atoms with E-state index >= 15 is 0 Å². The Morgan fingerprint density at radius 3 is 2.87 bits per heavy atom. The molecule has 3 aromatic rings. The minimum Gasteiger partial charge on any atom is -0.467 e. The number of nitrogens with zero attached hydrogens (tertiary/aromatic N) is 3. The summed E-state index contributed by atoms with van der Waals surface area (Å²) in [6.07, 6.45) is 6.70. The largest absolute Gasteiger partial charge is 0.467 e. The second kappa shape index (κ2) is 9.30. The van der Waals surface area contributed by atoms with Crippen molar-refractivity contribution in [2.45, 2.75) is 44.7 Å². The number of benzene rings is 1. The summed E-state index contributed by atoms with van der Waals surface area (Å²) in [4.78, 5) is 14.7. The molecule has 0 fully saturated rings. The molecule has 158 valence electrons. The zero-order valence-corrected chi connectivity index (χ0v) is 17.8. The third kappa shape index (κ3) is 4.65. The summed E-state index contributed by atoms with van der Waals surface area (Å²) in [7, 11) is 3.74. The van der Waals surface area contributed by atoms with Gasteiger partial charge in [-0.05, 0) is 56.3 Å². The van der Waals surface area contributed by atoms with Gasteiger partial charge < -0.3 is 14.6 Å². The summed E-state index contributed by atoms with van der Waals surface area (Å²) >= 11 is 0. The second-order valence-electron chi connectivity index (χ2n) is 8.12. The minimum atomic E-state index is -0.0482. The van der Waals surface area contributed by atoms with Crippen LogP contribution in [0.3, 0.4) is 0 Å². The molecule has 2 aromatic heterocycles. The van der Waals surface area contributed by atoms with Gasteiger partial charge in [-0.15, -0.1) is 0 Å². The summed E-state index contributed by atoms with van der Waals surface area (Å²) < 4.78 is 7.27. The number of rotatable bonds is 8. The molecule has 0 bridgehead atoms. The predicted octanol–water partition coefficient (Wildman–Crippen LogP) is 3.37. The minimum absolute atomic E-state index is 0.0482. The molecule has 1 aromatic carbocycles. The molecule has 0 unspecified atom stereocenters. The SMILES string of the molecule is CN(Cc1ccco1)C(=O)c1nn(C)c2c1C[C@H](NCCCc1ccccc1)CC2. The van der Waals surface area contributed by atoms with E-state index in [1.807, 2.05) is 23.9 Å². The Hall–Kier alpha value is -2.86. The zero-order chi connectivity index (χ0) is 20.9. The molecule has 6 heteroatoms. The number of amides is 1. The molecule has 1 atom stereocenters. The predicted molar refractivity (Wildman–Crippen MR) is 116 cm³/mol. The average Bonchev–Trinajstić information content (AvgIpc) is 3.39. The van der Waals surface area contributed by atoms with Crippen molar-refractivity contribution in [3.05, 3.63) is 77.0 Å². The van der Waals surface area contributed by atoms with Crippen LogP contribution in [-0.4, -0.2) is 40.2 Å². The van der Waals surface area contributed by atoms with E-state index in [0.29, 0.717) is 18.3 Å². The van der Waals surface area contributed by atoms with E-state index in [1.54, 1.807) is 18.2 Å². The smallest absolute Gasteiger partial charge is 0.274 e. The molecule has 2 heterocycles. The normalized spacial score (nSPS) is 15.7. The third-order valence-corrected chi connectivity index (χ3v) is 5.90. The number of carbonyl (C=O) groups is 1. The summed E-state index contributed by atoms with van der Waals surface area (Å²) in [6.45, 7) is 1.43. The maximum atomic E-state index is 13.1. The molecule has 0 spiro atoms. The van der Waals surface area contributed by atoms with E-state index in [0.717, 1.165) is 50.0 Å². The molecule has 1 N–H and O–H groups in total. The number of fused-ring (bicyclic) bond motifs is 1. The molecular formula is C24H30N4O2. The quantitative estimate of drug-likeness (QED) is 0.583. The van der Waals surface area contributed by atoms with Crippen molar-refractivity contribution >= 4 is 5.91 Å². The molecule has 0 saturated carbocycles. The van der Waals surface area contributed by atoms with Crippen LogP contribution in [0, 0.1) is 0 Å². The highest BCUT2D eigenvalue weighted by molar-refractivity contribution is 5.94. The monoisotopic (exact) mass is 406 g/mol. The third-order valence-electron chi connectivity index (χ3n) is 5.90. The van der Waals surface area contributed by atoms with Gasteiger partial charge in [-0.25, -0.2) is 0 Å². The number of aromatic nitrogens is 2. The maximum absolute atomic E-state index is 13.1. The molecule has 6 nitrogen and oxygen atoms in total. The van der Waals surface area contributed by atoms with Crippen LogP contribution in [0.4, 0.5) is 0 Å².